The Balaban J connectivity index is 2.35. The number of fused-ring (bicyclic) bond motifs is 1. The minimum atomic E-state index is -0.441. The van der Waals surface area contributed by atoms with Crippen molar-refractivity contribution in [2.24, 2.45) is 7.05 Å². The summed E-state index contributed by atoms with van der Waals surface area (Å²) in [5, 5.41) is 12.0. The molecule has 0 atom stereocenters. The van der Waals surface area contributed by atoms with E-state index in [0.29, 0.717) is 16.6 Å². The first kappa shape index (κ1) is 12.9. The van der Waals surface area contributed by atoms with Crippen molar-refractivity contribution in [1.29, 1.82) is 0 Å². The van der Waals surface area contributed by atoms with Crippen molar-refractivity contribution < 1.29 is 9.53 Å². The number of allylic oxidation sites excluding steroid dienone is 1. The first-order chi connectivity index (χ1) is 9.04. The van der Waals surface area contributed by atoms with Gasteiger partial charge in [0.05, 0.1) is 19.9 Å². The van der Waals surface area contributed by atoms with Gasteiger partial charge in [0.1, 0.15) is 5.39 Å². The molecule has 2 aromatic rings. The molecule has 100 valence electrons. The molecule has 0 spiro atoms. The van der Waals surface area contributed by atoms with E-state index < -0.39 is 5.97 Å². The largest absolute Gasteiger partial charge is 0.466 e. The van der Waals surface area contributed by atoms with E-state index in [1.807, 2.05) is 0 Å². The van der Waals surface area contributed by atoms with Crippen molar-refractivity contribution >= 4 is 17.0 Å². The molecule has 0 amide bonds. The molecule has 0 saturated heterocycles. The zero-order valence-electron chi connectivity index (χ0n) is 10.8. The fourth-order valence-electron chi connectivity index (χ4n) is 1.56. The van der Waals surface area contributed by atoms with Crippen LogP contribution in [0.1, 0.15) is 6.92 Å². The molecule has 0 aromatic carbocycles. The van der Waals surface area contributed by atoms with Crippen LogP contribution in [-0.4, -0.2) is 37.9 Å². The molecule has 0 aliphatic rings. The number of esters is 1. The maximum absolute atomic E-state index is 12.1. The number of ether oxygens (including phenoxy) is 1. The molecule has 0 aliphatic heterocycles. The summed E-state index contributed by atoms with van der Waals surface area (Å²) in [5.74, 6) is -0.441. The molecule has 8 heteroatoms. The van der Waals surface area contributed by atoms with E-state index in [0.717, 1.165) is 4.68 Å². The summed E-state index contributed by atoms with van der Waals surface area (Å²) in [5.41, 5.74) is 0.532. The zero-order valence-corrected chi connectivity index (χ0v) is 10.8. The molecule has 0 unspecified atom stereocenters. The quantitative estimate of drug-likeness (QED) is 0.555. The molecule has 2 heterocycles. The third kappa shape index (κ3) is 2.37. The lowest BCUT2D eigenvalue weighted by Gasteiger charge is -2.01. The molecule has 0 bridgehead atoms. The second-order valence-electron chi connectivity index (χ2n) is 3.96. The van der Waals surface area contributed by atoms with Crippen molar-refractivity contribution in [3.63, 3.8) is 0 Å². The zero-order chi connectivity index (χ0) is 14.0. The minimum absolute atomic E-state index is 0.150. The van der Waals surface area contributed by atoms with Crippen LogP contribution in [-0.2, 0) is 23.1 Å². The Bertz CT molecular complexity index is 713. The molecule has 2 rings (SSSR count). The first-order valence-electron chi connectivity index (χ1n) is 5.55. The minimum Gasteiger partial charge on any atom is -0.466 e. The predicted octanol–water partition coefficient (Wildman–Crippen LogP) is -0.356. The standard InChI is InChI=1S/C11H13N5O3/c1-7(11(18)19-3)4-5-16-10(17)8-6-12-15(2)9(8)13-14-16/h4,6H,5H2,1-3H3. The summed E-state index contributed by atoms with van der Waals surface area (Å²) in [6, 6.07) is 0. The fraction of sp³-hybridized carbons (Fsp3) is 0.364. The van der Waals surface area contributed by atoms with Gasteiger partial charge < -0.3 is 4.74 Å². The van der Waals surface area contributed by atoms with Gasteiger partial charge in [-0.1, -0.05) is 11.3 Å². The second-order valence-corrected chi connectivity index (χ2v) is 3.96. The van der Waals surface area contributed by atoms with Crippen LogP contribution in [0.3, 0.4) is 0 Å². The molecule has 0 radical (unpaired) electrons. The highest BCUT2D eigenvalue weighted by Gasteiger charge is 2.09. The van der Waals surface area contributed by atoms with Crippen LogP contribution < -0.4 is 5.56 Å². The summed E-state index contributed by atoms with van der Waals surface area (Å²) in [4.78, 5) is 23.3. The maximum atomic E-state index is 12.1. The molecular formula is C11H13N5O3. The molecule has 2 aromatic heterocycles. The highest BCUT2D eigenvalue weighted by molar-refractivity contribution is 5.87. The van der Waals surface area contributed by atoms with E-state index in [2.05, 4.69) is 20.1 Å². The van der Waals surface area contributed by atoms with Crippen LogP contribution in [0.25, 0.3) is 11.0 Å². The third-order valence-electron chi connectivity index (χ3n) is 2.70. The molecule has 19 heavy (non-hydrogen) atoms. The van der Waals surface area contributed by atoms with Gasteiger partial charge in [-0.15, -0.1) is 5.10 Å². The van der Waals surface area contributed by atoms with Crippen molar-refractivity contribution in [3.8, 4) is 0 Å². The van der Waals surface area contributed by atoms with Gasteiger partial charge in [0.25, 0.3) is 5.56 Å². The average Bonchev–Trinajstić information content (AvgIpc) is 2.79. The number of nitrogens with zero attached hydrogens (tertiary/aromatic N) is 5. The van der Waals surface area contributed by atoms with Crippen molar-refractivity contribution in [3.05, 3.63) is 28.2 Å². The molecule has 0 N–H and O–H groups in total. The maximum Gasteiger partial charge on any atom is 0.333 e. The van der Waals surface area contributed by atoms with Gasteiger partial charge in [0.15, 0.2) is 5.65 Å². The Morgan fingerprint density at radius 1 is 1.53 bits per heavy atom. The lowest BCUT2D eigenvalue weighted by molar-refractivity contribution is -0.136. The van der Waals surface area contributed by atoms with Gasteiger partial charge in [-0.25, -0.2) is 14.2 Å². The lowest BCUT2D eigenvalue weighted by Crippen LogP contribution is -2.24. The molecular weight excluding hydrogens is 250 g/mol. The van der Waals surface area contributed by atoms with E-state index in [1.165, 1.54) is 18.0 Å². The number of hydrogen-bond donors (Lipinski definition) is 0. The first-order valence-corrected chi connectivity index (χ1v) is 5.55. The summed E-state index contributed by atoms with van der Waals surface area (Å²) < 4.78 is 7.20. The molecule has 0 saturated carbocycles. The Labute approximate surface area is 108 Å². The van der Waals surface area contributed by atoms with E-state index in [9.17, 15) is 9.59 Å². The average molecular weight is 263 g/mol. The number of rotatable bonds is 3. The summed E-state index contributed by atoms with van der Waals surface area (Å²) in [7, 11) is 2.98. The summed E-state index contributed by atoms with van der Waals surface area (Å²) in [6.45, 7) is 1.75. The van der Waals surface area contributed by atoms with Crippen LogP contribution in [0, 0.1) is 0 Å². The van der Waals surface area contributed by atoms with Gasteiger partial charge in [0.2, 0.25) is 0 Å². The number of carbonyl (C=O) groups is 1. The topological polar surface area (TPSA) is 91.9 Å². The van der Waals surface area contributed by atoms with Crippen LogP contribution in [0.5, 0.6) is 0 Å². The van der Waals surface area contributed by atoms with Crippen molar-refractivity contribution in [2.75, 3.05) is 7.11 Å². The van der Waals surface area contributed by atoms with E-state index in [-0.39, 0.29) is 12.1 Å². The van der Waals surface area contributed by atoms with E-state index in [1.54, 1.807) is 20.0 Å². The normalized spacial score (nSPS) is 11.8. The van der Waals surface area contributed by atoms with Gasteiger partial charge in [-0.3, -0.25) is 4.79 Å². The monoisotopic (exact) mass is 263 g/mol. The fourth-order valence-corrected chi connectivity index (χ4v) is 1.56. The lowest BCUT2D eigenvalue weighted by atomic mass is 10.3. The Morgan fingerprint density at radius 2 is 2.26 bits per heavy atom. The van der Waals surface area contributed by atoms with Crippen LogP contribution in [0.15, 0.2) is 22.6 Å². The number of carbonyl (C=O) groups excluding carboxylic acids is 1. The second kappa shape index (κ2) is 5.01. The third-order valence-corrected chi connectivity index (χ3v) is 2.70. The summed E-state index contributed by atoms with van der Waals surface area (Å²) in [6.07, 6.45) is 3.00. The molecule has 8 nitrogen and oxygen atoms in total. The predicted molar refractivity (Wildman–Crippen MR) is 66.3 cm³/mol. The van der Waals surface area contributed by atoms with Gasteiger partial charge in [-0.2, -0.15) is 5.10 Å². The summed E-state index contributed by atoms with van der Waals surface area (Å²) >= 11 is 0. The number of methoxy groups -OCH3 is 1. The van der Waals surface area contributed by atoms with Crippen LogP contribution in [0.4, 0.5) is 0 Å². The Hall–Kier alpha value is -2.51. The number of aryl methyl sites for hydroxylation is 1. The van der Waals surface area contributed by atoms with E-state index in [4.69, 9.17) is 0 Å². The molecule has 0 fully saturated rings. The SMILES string of the molecule is COC(=O)C(C)=CCn1nnc2c(cnn2C)c1=O. The van der Waals surface area contributed by atoms with Gasteiger partial charge in [-0.05, 0) is 6.92 Å². The number of hydrogen-bond acceptors (Lipinski definition) is 6. The number of aromatic nitrogens is 5. The van der Waals surface area contributed by atoms with E-state index >= 15 is 0 Å². The smallest absolute Gasteiger partial charge is 0.333 e. The van der Waals surface area contributed by atoms with Crippen LogP contribution in [0.2, 0.25) is 0 Å². The highest BCUT2D eigenvalue weighted by atomic mass is 16.5. The highest BCUT2D eigenvalue weighted by Crippen LogP contribution is 2.02. The van der Waals surface area contributed by atoms with Gasteiger partial charge in [0, 0.05) is 12.6 Å². The Morgan fingerprint density at radius 3 is 2.95 bits per heavy atom. The Kier molecular flexibility index (Phi) is 3.41. The van der Waals surface area contributed by atoms with Crippen molar-refractivity contribution in [1.82, 2.24) is 24.8 Å². The van der Waals surface area contributed by atoms with Gasteiger partial charge >= 0.3 is 5.97 Å². The van der Waals surface area contributed by atoms with Crippen LogP contribution >= 0.6 is 0 Å². The molecule has 0 aliphatic carbocycles. The van der Waals surface area contributed by atoms with Crippen molar-refractivity contribution in [2.45, 2.75) is 13.5 Å².